The van der Waals surface area contributed by atoms with Crippen LogP contribution in [0.3, 0.4) is 0 Å². The van der Waals surface area contributed by atoms with Gasteiger partial charge in [0.1, 0.15) is 11.5 Å². The number of hydrogen-bond donors (Lipinski definition) is 0. The number of ether oxygens (including phenoxy) is 3. The van der Waals surface area contributed by atoms with Gasteiger partial charge in [0.25, 0.3) is 0 Å². The van der Waals surface area contributed by atoms with Crippen molar-refractivity contribution in [3.63, 3.8) is 0 Å². The first kappa shape index (κ1) is 23.0. The van der Waals surface area contributed by atoms with Crippen LogP contribution in [0, 0.1) is 0 Å². The maximum Gasteiger partial charge on any atom is 0.343 e. The molecule has 3 rings (SSSR count). The number of hydrogen-bond acceptors (Lipinski definition) is 5. The van der Waals surface area contributed by atoms with Gasteiger partial charge in [0, 0.05) is 6.42 Å². The van der Waals surface area contributed by atoms with Crippen LogP contribution in [0.2, 0.25) is 0 Å². The SMILES string of the molecule is CCOC(=O)c1ccc(OC(=O)c2ccc(OCCc3ccccc3)c(Br)c2)c(Br)c1. The molecule has 0 aromatic heterocycles. The lowest BCUT2D eigenvalue weighted by Gasteiger charge is -2.11. The third kappa shape index (κ3) is 6.42. The van der Waals surface area contributed by atoms with Crippen molar-refractivity contribution in [2.45, 2.75) is 13.3 Å². The Balaban J connectivity index is 1.61. The van der Waals surface area contributed by atoms with Crippen molar-refractivity contribution in [1.82, 2.24) is 0 Å². The molecule has 0 unspecified atom stereocenters. The Labute approximate surface area is 197 Å². The third-order valence-corrected chi connectivity index (χ3v) is 5.54. The van der Waals surface area contributed by atoms with Gasteiger partial charge < -0.3 is 14.2 Å². The van der Waals surface area contributed by atoms with Crippen LogP contribution in [0.25, 0.3) is 0 Å². The first-order chi connectivity index (χ1) is 15.0. The van der Waals surface area contributed by atoms with E-state index in [-0.39, 0.29) is 6.61 Å². The lowest BCUT2D eigenvalue weighted by molar-refractivity contribution is 0.0526. The van der Waals surface area contributed by atoms with Crippen LogP contribution in [0.1, 0.15) is 33.2 Å². The topological polar surface area (TPSA) is 61.8 Å². The van der Waals surface area contributed by atoms with E-state index in [2.05, 4.69) is 44.0 Å². The van der Waals surface area contributed by atoms with E-state index in [0.717, 1.165) is 6.42 Å². The normalized spacial score (nSPS) is 10.4. The van der Waals surface area contributed by atoms with E-state index in [9.17, 15) is 9.59 Å². The van der Waals surface area contributed by atoms with Gasteiger partial charge in [-0.2, -0.15) is 0 Å². The highest BCUT2D eigenvalue weighted by atomic mass is 79.9. The van der Waals surface area contributed by atoms with Crippen LogP contribution in [0.15, 0.2) is 75.7 Å². The van der Waals surface area contributed by atoms with Crippen LogP contribution < -0.4 is 9.47 Å². The second-order valence-electron chi connectivity index (χ2n) is 6.48. The Morgan fingerprint density at radius 2 is 1.42 bits per heavy atom. The quantitative estimate of drug-likeness (QED) is 0.247. The van der Waals surface area contributed by atoms with Gasteiger partial charge in [-0.25, -0.2) is 9.59 Å². The Morgan fingerprint density at radius 3 is 2.03 bits per heavy atom. The zero-order valence-electron chi connectivity index (χ0n) is 16.8. The smallest absolute Gasteiger partial charge is 0.343 e. The van der Waals surface area contributed by atoms with Crippen molar-refractivity contribution >= 4 is 43.8 Å². The molecule has 0 aliphatic carbocycles. The lowest BCUT2D eigenvalue weighted by Crippen LogP contribution is -2.10. The van der Waals surface area contributed by atoms with Crippen molar-refractivity contribution in [3.8, 4) is 11.5 Å². The molecule has 0 saturated carbocycles. The Kier molecular flexibility index (Phi) is 8.26. The monoisotopic (exact) mass is 546 g/mol. The molecule has 7 heteroatoms. The summed E-state index contributed by atoms with van der Waals surface area (Å²) in [6.45, 7) is 2.54. The van der Waals surface area contributed by atoms with E-state index in [0.29, 0.717) is 38.2 Å². The standard InChI is InChI=1S/C24H20Br2O5/c1-2-29-23(27)17-9-11-22(20(26)14-17)31-24(28)18-8-10-21(19(25)15-18)30-13-12-16-6-4-3-5-7-16/h3-11,14-15H,2,12-13H2,1H3. The Bertz CT molecular complexity index is 1070. The van der Waals surface area contributed by atoms with Gasteiger partial charge >= 0.3 is 11.9 Å². The Morgan fingerprint density at radius 1 is 0.806 bits per heavy atom. The molecular formula is C24H20Br2O5. The molecule has 0 aliphatic rings. The molecule has 0 spiro atoms. The molecule has 0 fully saturated rings. The zero-order chi connectivity index (χ0) is 22.2. The fraction of sp³-hybridized carbons (Fsp3) is 0.167. The molecule has 5 nitrogen and oxygen atoms in total. The highest BCUT2D eigenvalue weighted by molar-refractivity contribution is 9.10. The third-order valence-electron chi connectivity index (χ3n) is 4.30. The first-order valence-corrected chi connectivity index (χ1v) is 11.2. The summed E-state index contributed by atoms with van der Waals surface area (Å²) in [6, 6.07) is 19.7. The number of carbonyl (C=O) groups is 2. The van der Waals surface area contributed by atoms with Crippen molar-refractivity contribution in [1.29, 1.82) is 0 Å². The number of carbonyl (C=O) groups excluding carboxylic acids is 2. The van der Waals surface area contributed by atoms with Crippen molar-refractivity contribution in [3.05, 3.63) is 92.4 Å². The molecule has 160 valence electrons. The van der Waals surface area contributed by atoms with E-state index < -0.39 is 11.9 Å². The molecule has 3 aromatic carbocycles. The zero-order valence-corrected chi connectivity index (χ0v) is 19.9. The van der Waals surface area contributed by atoms with E-state index in [4.69, 9.17) is 14.2 Å². The van der Waals surface area contributed by atoms with Crippen LogP contribution in [0.5, 0.6) is 11.5 Å². The average molecular weight is 548 g/mol. The maximum absolute atomic E-state index is 12.6. The van der Waals surface area contributed by atoms with Gasteiger partial charge in [-0.15, -0.1) is 0 Å². The summed E-state index contributed by atoms with van der Waals surface area (Å²) in [5.41, 5.74) is 1.93. The van der Waals surface area contributed by atoms with Gasteiger partial charge in [-0.05, 0) is 80.7 Å². The minimum atomic E-state index is -0.527. The molecule has 0 atom stereocenters. The molecule has 0 saturated heterocycles. The van der Waals surface area contributed by atoms with Crippen molar-refractivity contribution in [2.24, 2.45) is 0 Å². The lowest BCUT2D eigenvalue weighted by atomic mass is 10.2. The van der Waals surface area contributed by atoms with E-state index >= 15 is 0 Å². The van der Waals surface area contributed by atoms with Crippen LogP contribution in [-0.4, -0.2) is 25.2 Å². The number of benzene rings is 3. The van der Waals surface area contributed by atoms with E-state index in [1.807, 2.05) is 18.2 Å². The largest absolute Gasteiger partial charge is 0.492 e. The van der Waals surface area contributed by atoms with E-state index in [1.165, 1.54) is 5.56 Å². The molecule has 0 aliphatic heterocycles. The van der Waals surface area contributed by atoms with Crippen LogP contribution in [-0.2, 0) is 11.2 Å². The second kappa shape index (κ2) is 11.1. The molecule has 0 heterocycles. The highest BCUT2D eigenvalue weighted by Gasteiger charge is 2.15. The first-order valence-electron chi connectivity index (χ1n) is 9.63. The van der Waals surface area contributed by atoms with Crippen LogP contribution >= 0.6 is 31.9 Å². The molecule has 0 bridgehead atoms. The number of rotatable bonds is 8. The van der Waals surface area contributed by atoms with Crippen LogP contribution in [0.4, 0.5) is 0 Å². The summed E-state index contributed by atoms with van der Waals surface area (Å²) < 4.78 is 17.4. The van der Waals surface area contributed by atoms with Gasteiger partial charge in [-0.1, -0.05) is 30.3 Å². The maximum atomic E-state index is 12.6. The fourth-order valence-electron chi connectivity index (χ4n) is 2.75. The fourth-order valence-corrected chi connectivity index (χ4v) is 3.71. The summed E-state index contributed by atoms with van der Waals surface area (Å²) in [7, 11) is 0. The van der Waals surface area contributed by atoms with Crippen molar-refractivity contribution < 1.29 is 23.8 Å². The highest BCUT2D eigenvalue weighted by Crippen LogP contribution is 2.29. The van der Waals surface area contributed by atoms with Gasteiger partial charge in [0.05, 0.1) is 33.3 Å². The molecule has 0 N–H and O–H groups in total. The van der Waals surface area contributed by atoms with Gasteiger partial charge in [-0.3, -0.25) is 0 Å². The summed E-state index contributed by atoms with van der Waals surface area (Å²) in [5, 5.41) is 0. The van der Waals surface area contributed by atoms with E-state index in [1.54, 1.807) is 43.3 Å². The predicted octanol–water partition coefficient (Wildman–Crippen LogP) is 6.23. The summed E-state index contributed by atoms with van der Waals surface area (Å²) in [6.07, 6.45) is 0.785. The molecule has 0 radical (unpaired) electrons. The Hall–Kier alpha value is -2.64. The summed E-state index contributed by atoms with van der Waals surface area (Å²) in [4.78, 5) is 24.4. The minimum absolute atomic E-state index is 0.286. The number of halogens is 2. The molecular weight excluding hydrogens is 528 g/mol. The molecule has 0 amide bonds. The summed E-state index contributed by atoms with van der Waals surface area (Å²) in [5.74, 6) is -0.0150. The molecule has 31 heavy (non-hydrogen) atoms. The minimum Gasteiger partial charge on any atom is -0.492 e. The summed E-state index contributed by atoms with van der Waals surface area (Å²) >= 11 is 6.78. The van der Waals surface area contributed by atoms with Gasteiger partial charge in [0.15, 0.2) is 0 Å². The average Bonchev–Trinajstić information content (AvgIpc) is 2.77. The van der Waals surface area contributed by atoms with Gasteiger partial charge in [0.2, 0.25) is 0 Å². The number of esters is 2. The predicted molar refractivity (Wildman–Crippen MR) is 125 cm³/mol. The molecule has 3 aromatic rings. The van der Waals surface area contributed by atoms with Crippen molar-refractivity contribution in [2.75, 3.05) is 13.2 Å². The second-order valence-corrected chi connectivity index (χ2v) is 8.19.